The molecule has 19 heavy (non-hydrogen) atoms. The molecule has 0 aliphatic rings. The highest BCUT2D eigenvalue weighted by atomic mass is 35.5. The Labute approximate surface area is 120 Å². The van der Waals surface area contributed by atoms with Gasteiger partial charge in [-0.3, -0.25) is 4.79 Å². The molecule has 0 aliphatic heterocycles. The maximum atomic E-state index is 11.7. The molecule has 3 nitrogen and oxygen atoms in total. The molecule has 0 heterocycles. The summed E-state index contributed by atoms with van der Waals surface area (Å²) < 4.78 is 0. The average Bonchev–Trinajstić information content (AvgIpc) is 2.40. The number of amides is 1. The zero-order valence-electron chi connectivity index (χ0n) is 11.5. The van der Waals surface area contributed by atoms with E-state index in [0.29, 0.717) is 18.0 Å². The summed E-state index contributed by atoms with van der Waals surface area (Å²) in [6.45, 7) is 4.42. The lowest BCUT2D eigenvalue weighted by molar-refractivity contribution is -0.121. The lowest BCUT2D eigenvalue weighted by Gasteiger charge is -2.20. The number of halogens is 1. The molecular formula is C15H22ClNO2. The van der Waals surface area contributed by atoms with Crippen LogP contribution in [0.3, 0.4) is 0 Å². The smallest absolute Gasteiger partial charge is 0.224 e. The first-order valence-corrected chi connectivity index (χ1v) is 7.13. The molecule has 106 valence electrons. The van der Waals surface area contributed by atoms with Gasteiger partial charge in [-0.25, -0.2) is 0 Å². The zero-order valence-corrected chi connectivity index (χ0v) is 12.3. The number of carbonyl (C=O) groups is 1. The predicted molar refractivity (Wildman–Crippen MR) is 78.2 cm³/mol. The fourth-order valence-corrected chi connectivity index (χ4v) is 2.19. The van der Waals surface area contributed by atoms with Gasteiger partial charge in [0, 0.05) is 11.6 Å². The van der Waals surface area contributed by atoms with Crippen LogP contribution in [0.2, 0.25) is 5.02 Å². The zero-order chi connectivity index (χ0) is 14.3. The highest BCUT2D eigenvalue weighted by Crippen LogP contribution is 2.12. The lowest BCUT2D eigenvalue weighted by atomic mass is 9.96. The third kappa shape index (κ3) is 5.62. The van der Waals surface area contributed by atoms with E-state index in [1.165, 1.54) is 0 Å². The van der Waals surface area contributed by atoms with Crippen LogP contribution in [0.15, 0.2) is 24.3 Å². The van der Waals surface area contributed by atoms with E-state index in [-0.39, 0.29) is 11.8 Å². The molecule has 0 radical (unpaired) electrons. The number of rotatable bonds is 7. The van der Waals surface area contributed by atoms with Gasteiger partial charge in [0.05, 0.1) is 12.5 Å². The van der Waals surface area contributed by atoms with Gasteiger partial charge >= 0.3 is 0 Å². The van der Waals surface area contributed by atoms with Crippen LogP contribution in [0, 0.1) is 5.92 Å². The van der Waals surface area contributed by atoms with Crippen LogP contribution >= 0.6 is 11.6 Å². The minimum absolute atomic E-state index is 0.0765. The van der Waals surface area contributed by atoms with E-state index in [1.807, 2.05) is 26.0 Å². The van der Waals surface area contributed by atoms with Gasteiger partial charge in [0.2, 0.25) is 5.91 Å². The Morgan fingerprint density at radius 2 is 1.84 bits per heavy atom. The average molecular weight is 284 g/mol. The molecule has 1 aromatic rings. The van der Waals surface area contributed by atoms with Crippen molar-refractivity contribution >= 4 is 17.5 Å². The Morgan fingerprint density at radius 3 is 2.37 bits per heavy atom. The van der Waals surface area contributed by atoms with Crippen molar-refractivity contribution in [2.45, 2.75) is 39.2 Å². The molecule has 4 heteroatoms. The third-order valence-corrected chi connectivity index (χ3v) is 3.63. The highest BCUT2D eigenvalue weighted by molar-refractivity contribution is 6.30. The Hall–Kier alpha value is -1.06. The number of aliphatic hydroxyl groups excluding tert-OH is 1. The standard InChI is InChI=1S/C15H22ClNO2/c1-3-12(4-2)14(18)10-17-15(19)9-11-5-7-13(16)8-6-11/h5-8,12,14,18H,3-4,9-10H2,1-2H3,(H,17,19). The third-order valence-electron chi connectivity index (χ3n) is 3.38. The molecule has 0 aliphatic carbocycles. The Bertz CT molecular complexity index is 388. The second kappa shape index (κ2) is 8.18. The molecule has 1 amide bonds. The van der Waals surface area contributed by atoms with Gasteiger partial charge in [0.1, 0.15) is 0 Å². The first kappa shape index (κ1) is 16.0. The summed E-state index contributed by atoms with van der Waals surface area (Å²) in [5, 5.41) is 13.4. The number of hydrogen-bond donors (Lipinski definition) is 2. The van der Waals surface area contributed by atoms with Crippen LogP contribution in [0.4, 0.5) is 0 Å². The van der Waals surface area contributed by atoms with Gasteiger partial charge in [0.25, 0.3) is 0 Å². The maximum absolute atomic E-state index is 11.7. The molecule has 0 aromatic heterocycles. The fourth-order valence-electron chi connectivity index (χ4n) is 2.07. The fraction of sp³-hybridized carbons (Fsp3) is 0.533. The van der Waals surface area contributed by atoms with Crippen molar-refractivity contribution < 1.29 is 9.90 Å². The molecule has 0 saturated carbocycles. The van der Waals surface area contributed by atoms with E-state index in [9.17, 15) is 9.90 Å². The van der Waals surface area contributed by atoms with E-state index in [1.54, 1.807) is 12.1 Å². The Kier molecular flexibility index (Phi) is 6.89. The van der Waals surface area contributed by atoms with Crippen LogP contribution in [0.1, 0.15) is 32.3 Å². The number of hydrogen-bond acceptors (Lipinski definition) is 2. The Morgan fingerprint density at radius 1 is 1.26 bits per heavy atom. The molecule has 1 atom stereocenters. The summed E-state index contributed by atoms with van der Waals surface area (Å²) in [5.74, 6) is 0.170. The largest absolute Gasteiger partial charge is 0.391 e. The van der Waals surface area contributed by atoms with Gasteiger partial charge in [-0.1, -0.05) is 50.4 Å². The summed E-state index contributed by atoms with van der Waals surface area (Å²) in [7, 11) is 0. The van der Waals surface area contributed by atoms with Gasteiger partial charge < -0.3 is 10.4 Å². The van der Waals surface area contributed by atoms with E-state index in [4.69, 9.17) is 11.6 Å². The van der Waals surface area contributed by atoms with Crippen molar-refractivity contribution in [2.24, 2.45) is 5.92 Å². The van der Waals surface area contributed by atoms with Crippen molar-refractivity contribution in [1.82, 2.24) is 5.32 Å². The van der Waals surface area contributed by atoms with Gasteiger partial charge in [-0.15, -0.1) is 0 Å². The highest BCUT2D eigenvalue weighted by Gasteiger charge is 2.16. The molecule has 0 spiro atoms. The van der Waals surface area contributed by atoms with Crippen LogP contribution in [-0.4, -0.2) is 23.7 Å². The normalized spacial score (nSPS) is 12.5. The first-order valence-electron chi connectivity index (χ1n) is 6.76. The number of benzene rings is 1. The van der Waals surface area contributed by atoms with Crippen LogP contribution < -0.4 is 5.32 Å². The minimum Gasteiger partial charge on any atom is -0.391 e. The van der Waals surface area contributed by atoms with E-state index < -0.39 is 6.10 Å². The molecule has 0 bridgehead atoms. The minimum atomic E-state index is -0.468. The Balaban J connectivity index is 2.37. The van der Waals surface area contributed by atoms with Crippen molar-refractivity contribution in [2.75, 3.05) is 6.54 Å². The summed E-state index contributed by atoms with van der Waals surface area (Å²) >= 11 is 5.78. The van der Waals surface area contributed by atoms with E-state index >= 15 is 0 Å². The number of nitrogens with one attached hydrogen (secondary N) is 1. The van der Waals surface area contributed by atoms with Crippen molar-refractivity contribution in [1.29, 1.82) is 0 Å². The van der Waals surface area contributed by atoms with Crippen molar-refractivity contribution in [3.05, 3.63) is 34.9 Å². The molecule has 2 N–H and O–H groups in total. The summed E-state index contributed by atoms with van der Waals surface area (Å²) in [5.41, 5.74) is 0.916. The molecule has 0 fully saturated rings. The molecule has 1 unspecified atom stereocenters. The topological polar surface area (TPSA) is 49.3 Å². The van der Waals surface area contributed by atoms with Gasteiger partial charge in [0.15, 0.2) is 0 Å². The molecule has 0 saturated heterocycles. The van der Waals surface area contributed by atoms with E-state index in [2.05, 4.69) is 5.32 Å². The van der Waals surface area contributed by atoms with Crippen LogP contribution in [-0.2, 0) is 11.2 Å². The molecular weight excluding hydrogens is 262 g/mol. The monoisotopic (exact) mass is 283 g/mol. The number of aliphatic hydroxyl groups is 1. The van der Waals surface area contributed by atoms with Crippen LogP contribution in [0.5, 0.6) is 0 Å². The van der Waals surface area contributed by atoms with Crippen molar-refractivity contribution in [3.8, 4) is 0 Å². The number of carbonyl (C=O) groups excluding carboxylic acids is 1. The van der Waals surface area contributed by atoms with Crippen LogP contribution in [0.25, 0.3) is 0 Å². The lowest BCUT2D eigenvalue weighted by Crippen LogP contribution is -2.36. The quantitative estimate of drug-likeness (QED) is 0.808. The summed E-state index contributed by atoms with van der Waals surface area (Å²) in [6, 6.07) is 7.20. The summed E-state index contributed by atoms with van der Waals surface area (Å²) in [4.78, 5) is 11.7. The van der Waals surface area contributed by atoms with Crippen molar-refractivity contribution in [3.63, 3.8) is 0 Å². The van der Waals surface area contributed by atoms with Gasteiger partial charge in [-0.2, -0.15) is 0 Å². The molecule has 1 rings (SSSR count). The SMILES string of the molecule is CCC(CC)C(O)CNC(=O)Cc1ccc(Cl)cc1. The molecule has 1 aromatic carbocycles. The van der Waals surface area contributed by atoms with E-state index in [0.717, 1.165) is 18.4 Å². The second-order valence-corrected chi connectivity index (χ2v) is 5.19. The first-order chi connectivity index (χ1) is 9.06. The maximum Gasteiger partial charge on any atom is 0.224 e. The summed E-state index contributed by atoms with van der Waals surface area (Å²) in [6.07, 6.45) is 1.69. The predicted octanol–water partition coefficient (Wildman–Crippen LogP) is 2.80. The van der Waals surface area contributed by atoms with Gasteiger partial charge in [-0.05, 0) is 23.6 Å². The second-order valence-electron chi connectivity index (χ2n) is 4.75.